The summed E-state index contributed by atoms with van der Waals surface area (Å²) in [6.45, 7) is 0. The van der Waals surface area contributed by atoms with Gasteiger partial charge in [-0.15, -0.1) is 0 Å². The Morgan fingerprint density at radius 3 is 1.22 bits per heavy atom. The van der Waals surface area contributed by atoms with Gasteiger partial charge in [0.15, 0.2) is 0 Å². The summed E-state index contributed by atoms with van der Waals surface area (Å²) in [4.78, 5) is 18.6. The summed E-state index contributed by atoms with van der Waals surface area (Å²) >= 11 is 0. The van der Waals surface area contributed by atoms with Gasteiger partial charge < -0.3 is 15.3 Å². The van der Waals surface area contributed by atoms with Crippen LogP contribution < -0.4 is 5.32 Å². The third-order valence-electron chi connectivity index (χ3n) is 9.71. The van der Waals surface area contributed by atoms with E-state index in [2.05, 4.69) is 167 Å². The van der Waals surface area contributed by atoms with Gasteiger partial charge >= 0.3 is 0 Å². The van der Waals surface area contributed by atoms with Crippen LogP contribution >= 0.6 is 0 Å². The maximum atomic E-state index is 5.41. The number of nitrogens with zero attached hydrogens (tertiary/aromatic N) is 2. The van der Waals surface area contributed by atoms with Crippen molar-refractivity contribution in [1.29, 1.82) is 0 Å². The molecule has 0 saturated heterocycles. The highest BCUT2D eigenvalue weighted by molar-refractivity contribution is 5.96. The van der Waals surface area contributed by atoms with E-state index in [0.717, 1.165) is 103 Å². The number of aromatic amines is 2. The molecule has 0 aliphatic carbocycles. The predicted octanol–water partition coefficient (Wildman–Crippen LogP) is 10.9. The molecule has 0 unspecified atom stereocenters. The number of fused-ring (bicyclic) bond motifs is 8. The summed E-state index contributed by atoms with van der Waals surface area (Å²) in [6, 6.07) is 44.7. The number of anilines is 1. The van der Waals surface area contributed by atoms with Crippen LogP contribution in [0.3, 0.4) is 0 Å². The average molecular weight is 646 g/mol. The molecule has 0 atom stereocenters. The van der Waals surface area contributed by atoms with Crippen LogP contribution in [0, 0.1) is 0 Å². The Morgan fingerprint density at radius 1 is 0.420 bits per heavy atom. The third-order valence-corrected chi connectivity index (χ3v) is 9.71. The molecule has 0 saturated carbocycles. The Bertz CT molecular complexity index is 2490. The molecule has 5 heterocycles. The van der Waals surface area contributed by atoms with Gasteiger partial charge in [0.2, 0.25) is 0 Å². The molecule has 9 rings (SSSR count). The van der Waals surface area contributed by atoms with E-state index in [9.17, 15) is 0 Å². The maximum absolute atomic E-state index is 5.41. The first kappa shape index (κ1) is 29.7. The number of hydrogen-bond donors (Lipinski definition) is 3. The Balaban J connectivity index is 1.46. The number of hydrogen-bond acceptors (Lipinski definition) is 3. The zero-order chi connectivity index (χ0) is 33.4. The molecule has 3 aliphatic heterocycles. The molecule has 3 aliphatic rings. The van der Waals surface area contributed by atoms with Crippen LogP contribution in [0.1, 0.15) is 34.2 Å². The van der Waals surface area contributed by atoms with Crippen molar-refractivity contribution in [3.63, 3.8) is 0 Å². The minimum absolute atomic E-state index is 0.862. The van der Waals surface area contributed by atoms with Crippen molar-refractivity contribution in [3.8, 4) is 44.5 Å². The quantitative estimate of drug-likeness (QED) is 0.174. The van der Waals surface area contributed by atoms with Gasteiger partial charge in [-0.25, -0.2) is 9.97 Å². The summed E-state index contributed by atoms with van der Waals surface area (Å²) in [5, 5.41) is 3.26. The fraction of sp³-hybridized carbons (Fsp3) is 0.0667. The third kappa shape index (κ3) is 5.30. The smallest absolute Gasteiger partial charge is 0.0737 e. The fourth-order valence-corrected chi connectivity index (χ4v) is 7.35. The summed E-state index contributed by atoms with van der Waals surface area (Å²) in [5.41, 5.74) is 18.0. The van der Waals surface area contributed by atoms with Crippen molar-refractivity contribution in [2.45, 2.75) is 12.8 Å². The highest BCUT2D eigenvalue weighted by Crippen LogP contribution is 2.39. The van der Waals surface area contributed by atoms with Gasteiger partial charge in [0.1, 0.15) is 0 Å². The standard InChI is InChI=1S/C45H35N5/c1-46-33-19-17-32(18-20-33)45-40-27-25-38(49-40)43(30-13-7-3-8-14-30)36-23-21-34(47-36)42(29-11-5-2-6-12-29)35-22-24-37(48-35)44(31-15-9-4-10-16-31)39-26-28-41(45)50-39/h2-25,27,46-47,50H,26,28H2,1H3. The lowest BCUT2D eigenvalue weighted by atomic mass is 9.99. The lowest BCUT2D eigenvalue weighted by molar-refractivity contribution is 1.02. The Kier molecular flexibility index (Phi) is 7.43. The highest BCUT2D eigenvalue weighted by Gasteiger charge is 2.22. The van der Waals surface area contributed by atoms with Crippen molar-refractivity contribution in [3.05, 3.63) is 162 Å². The Morgan fingerprint density at radius 2 is 0.800 bits per heavy atom. The average Bonchev–Trinajstić information content (AvgIpc) is 4.01. The molecule has 0 amide bonds. The molecule has 6 aromatic rings. The zero-order valence-corrected chi connectivity index (χ0v) is 27.7. The summed E-state index contributed by atoms with van der Waals surface area (Å²) in [5.74, 6) is 0. The van der Waals surface area contributed by atoms with E-state index in [1.807, 2.05) is 7.05 Å². The largest absolute Gasteiger partial charge is 0.388 e. The van der Waals surface area contributed by atoms with Crippen LogP contribution in [0.2, 0.25) is 0 Å². The van der Waals surface area contributed by atoms with E-state index in [1.54, 1.807) is 0 Å². The molecule has 4 aromatic carbocycles. The number of benzene rings is 4. The molecule has 0 fully saturated rings. The van der Waals surface area contributed by atoms with E-state index in [4.69, 9.17) is 9.97 Å². The first-order chi connectivity index (χ1) is 24.7. The molecule has 240 valence electrons. The van der Waals surface area contributed by atoms with Crippen molar-refractivity contribution < 1.29 is 0 Å². The van der Waals surface area contributed by atoms with Gasteiger partial charge in [0.25, 0.3) is 0 Å². The SMILES string of the molecule is CNc1ccc(-c2c3nc(c(-c4ccccc4)c4ccc([nH]4)c(-c4ccccc4)c4nc(c(-c5ccccc5)c5[nH]c2CC5)C=C4)C=C3)cc1. The summed E-state index contributed by atoms with van der Waals surface area (Å²) in [6.07, 6.45) is 10.4. The molecule has 3 N–H and O–H groups in total. The van der Waals surface area contributed by atoms with Gasteiger partial charge in [0.05, 0.1) is 22.8 Å². The normalized spacial score (nSPS) is 12.6. The Hall–Kier alpha value is -6.46. The van der Waals surface area contributed by atoms with E-state index in [1.165, 1.54) is 5.69 Å². The van der Waals surface area contributed by atoms with Gasteiger partial charge in [-0.05, 0) is 83.7 Å². The van der Waals surface area contributed by atoms with Gasteiger partial charge in [-0.1, -0.05) is 103 Å². The molecule has 5 heteroatoms. The lowest BCUT2D eigenvalue weighted by Crippen LogP contribution is -1.93. The van der Waals surface area contributed by atoms with Crippen molar-refractivity contribution >= 4 is 41.0 Å². The van der Waals surface area contributed by atoms with Crippen molar-refractivity contribution in [1.82, 2.24) is 19.9 Å². The van der Waals surface area contributed by atoms with Gasteiger partial charge in [-0.3, -0.25) is 0 Å². The maximum Gasteiger partial charge on any atom is 0.0737 e. The summed E-state index contributed by atoms with van der Waals surface area (Å²) < 4.78 is 0. The van der Waals surface area contributed by atoms with Crippen LogP contribution in [0.4, 0.5) is 5.69 Å². The molecule has 50 heavy (non-hydrogen) atoms. The van der Waals surface area contributed by atoms with Crippen LogP contribution in [0.25, 0.3) is 79.8 Å². The molecule has 8 bridgehead atoms. The van der Waals surface area contributed by atoms with E-state index < -0.39 is 0 Å². The second-order valence-corrected chi connectivity index (χ2v) is 12.7. The van der Waals surface area contributed by atoms with Crippen LogP contribution in [-0.2, 0) is 12.8 Å². The number of H-pyrrole nitrogens is 2. The number of rotatable bonds is 5. The van der Waals surface area contributed by atoms with E-state index in [-0.39, 0.29) is 0 Å². The van der Waals surface area contributed by atoms with Crippen molar-refractivity contribution in [2.75, 3.05) is 12.4 Å². The molecule has 2 aromatic heterocycles. The number of nitrogens with one attached hydrogen (secondary N) is 3. The minimum atomic E-state index is 0.862. The summed E-state index contributed by atoms with van der Waals surface area (Å²) in [7, 11) is 1.95. The Labute approximate surface area is 291 Å². The molecular weight excluding hydrogens is 611 g/mol. The van der Waals surface area contributed by atoms with Crippen molar-refractivity contribution in [2.24, 2.45) is 0 Å². The van der Waals surface area contributed by atoms with Crippen LogP contribution in [0.15, 0.2) is 127 Å². The fourth-order valence-electron chi connectivity index (χ4n) is 7.35. The van der Waals surface area contributed by atoms with Gasteiger partial charge in [-0.2, -0.15) is 0 Å². The highest BCUT2D eigenvalue weighted by atomic mass is 14.8. The predicted molar refractivity (Wildman–Crippen MR) is 209 cm³/mol. The van der Waals surface area contributed by atoms with Gasteiger partial charge in [0, 0.05) is 57.4 Å². The molecular formula is C45H35N5. The number of aromatic nitrogens is 4. The van der Waals surface area contributed by atoms with E-state index in [0.29, 0.717) is 0 Å². The first-order valence-corrected chi connectivity index (χ1v) is 17.1. The molecule has 5 nitrogen and oxygen atoms in total. The monoisotopic (exact) mass is 645 g/mol. The lowest BCUT2D eigenvalue weighted by Gasteiger charge is -2.09. The number of aryl methyl sites for hydroxylation is 2. The zero-order valence-electron chi connectivity index (χ0n) is 27.7. The molecule has 0 spiro atoms. The van der Waals surface area contributed by atoms with Crippen LogP contribution in [0.5, 0.6) is 0 Å². The minimum Gasteiger partial charge on any atom is -0.388 e. The van der Waals surface area contributed by atoms with E-state index >= 15 is 0 Å². The second-order valence-electron chi connectivity index (χ2n) is 12.7. The second kappa shape index (κ2) is 12.5. The van der Waals surface area contributed by atoms with Crippen LogP contribution in [-0.4, -0.2) is 27.0 Å². The molecule has 0 radical (unpaired) electrons. The topological polar surface area (TPSA) is 69.4 Å². The first-order valence-electron chi connectivity index (χ1n) is 17.1.